The van der Waals surface area contributed by atoms with E-state index in [-0.39, 0.29) is 40.5 Å². The van der Waals surface area contributed by atoms with Gasteiger partial charge in [0.1, 0.15) is 59.4 Å². The van der Waals surface area contributed by atoms with Crippen molar-refractivity contribution >= 4 is 5.78 Å². The summed E-state index contributed by atoms with van der Waals surface area (Å²) in [5.41, 5.74) is 0.0774. The number of benzene rings is 2. The SMILES string of the molecule is COc1cc2c(c(O)c1[C@@H]1O[C@H](CO)[C@@H](O)[C@H](O)[C@H]1O)C(=O)C[C@@H](c1ccc(O)c(O)c1)O2. The van der Waals surface area contributed by atoms with E-state index in [1.54, 1.807) is 0 Å². The molecule has 0 bridgehead atoms. The van der Waals surface area contributed by atoms with Crippen molar-refractivity contribution in [3.8, 4) is 28.7 Å². The van der Waals surface area contributed by atoms with E-state index in [1.165, 1.54) is 31.4 Å². The molecule has 1 fully saturated rings. The molecule has 11 heteroatoms. The summed E-state index contributed by atoms with van der Waals surface area (Å²) in [5, 5.41) is 70.4. The number of rotatable bonds is 4. The highest BCUT2D eigenvalue weighted by Crippen LogP contribution is 2.49. The van der Waals surface area contributed by atoms with Gasteiger partial charge in [0, 0.05) is 6.07 Å². The molecule has 2 aromatic carbocycles. The van der Waals surface area contributed by atoms with Crippen LogP contribution in [0.5, 0.6) is 28.7 Å². The first-order valence-electron chi connectivity index (χ1n) is 10.1. The Hall–Kier alpha value is -3.09. The molecule has 2 aliphatic rings. The van der Waals surface area contributed by atoms with Crippen molar-refractivity contribution < 1.29 is 54.8 Å². The molecular weight excluding hydrogens is 440 g/mol. The van der Waals surface area contributed by atoms with E-state index in [9.17, 15) is 40.5 Å². The summed E-state index contributed by atoms with van der Waals surface area (Å²) in [6.45, 7) is -0.668. The number of aliphatic hydroxyl groups is 4. The fourth-order valence-electron chi connectivity index (χ4n) is 4.18. The van der Waals surface area contributed by atoms with Gasteiger partial charge < -0.3 is 50.0 Å². The molecule has 2 aliphatic heterocycles. The van der Waals surface area contributed by atoms with E-state index in [0.717, 1.165) is 0 Å². The first-order valence-corrected chi connectivity index (χ1v) is 10.1. The van der Waals surface area contributed by atoms with Crippen LogP contribution in [0.2, 0.25) is 0 Å². The minimum absolute atomic E-state index is 0.0218. The molecule has 0 saturated carbocycles. The van der Waals surface area contributed by atoms with Crippen molar-refractivity contribution in [1.82, 2.24) is 0 Å². The second kappa shape index (κ2) is 8.69. The summed E-state index contributed by atoms with van der Waals surface area (Å²) in [5.74, 6) is -1.87. The van der Waals surface area contributed by atoms with Crippen LogP contribution in [-0.2, 0) is 4.74 Å². The lowest BCUT2D eigenvalue weighted by molar-refractivity contribution is -0.232. The number of phenolic OH excluding ortho intramolecular Hbond substituents is 3. The minimum Gasteiger partial charge on any atom is -0.507 e. The summed E-state index contributed by atoms with van der Waals surface area (Å²) in [4.78, 5) is 13.0. The average Bonchev–Trinajstić information content (AvgIpc) is 2.79. The Morgan fingerprint density at radius 1 is 1.03 bits per heavy atom. The maximum absolute atomic E-state index is 13.0. The quantitative estimate of drug-likeness (QED) is 0.303. The third-order valence-electron chi connectivity index (χ3n) is 5.95. The fourth-order valence-corrected chi connectivity index (χ4v) is 4.18. The summed E-state index contributed by atoms with van der Waals surface area (Å²) in [7, 11) is 1.27. The van der Waals surface area contributed by atoms with E-state index < -0.39 is 54.8 Å². The molecule has 178 valence electrons. The van der Waals surface area contributed by atoms with Crippen molar-refractivity contribution in [2.45, 2.75) is 43.0 Å². The van der Waals surface area contributed by atoms with Gasteiger partial charge in [0.05, 0.1) is 25.7 Å². The van der Waals surface area contributed by atoms with E-state index in [1.807, 2.05) is 0 Å². The maximum atomic E-state index is 13.0. The zero-order valence-corrected chi connectivity index (χ0v) is 17.5. The van der Waals surface area contributed by atoms with Crippen molar-refractivity contribution in [3.63, 3.8) is 0 Å². The van der Waals surface area contributed by atoms with E-state index >= 15 is 0 Å². The molecule has 0 radical (unpaired) electrons. The van der Waals surface area contributed by atoms with Gasteiger partial charge in [0.15, 0.2) is 17.3 Å². The van der Waals surface area contributed by atoms with Gasteiger partial charge in [-0.2, -0.15) is 0 Å². The number of carbonyl (C=O) groups excluding carboxylic acids is 1. The predicted octanol–water partition coefficient (Wildman–Crippen LogP) is 0.0334. The predicted molar refractivity (Wildman–Crippen MR) is 109 cm³/mol. The Kier molecular flexibility index (Phi) is 6.08. The molecule has 11 nitrogen and oxygen atoms in total. The van der Waals surface area contributed by atoms with Gasteiger partial charge >= 0.3 is 0 Å². The number of aromatic hydroxyl groups is 3. The van der Waals surface area contributed by atoms with Crippen molar-refractivity contribution in [1.29, 1.82) is 0 Å². The fraction of sp³-hybridized carbons (Fsp3) is 0.409. The van der Waals surface area contributed by atoms with Gasteiger partial charge in [-0.3, -0.25) is 4.79 Å². The van der Waals surface area contributed by atoms with Gasteiger partial charge in [-0.1, -0.05) is 6.07 Å². The molecular formula is C22H24O11. The van der Waals surface area contributed by atoms with E-state index in [0.29, 0.717) is 5.56 Å². The Balaban J connectivity index is 1.76. The smallest absolute Gasteiger partial charge is 0.174 e. The van der Waals surface area contributed by atoms with Gasteiger partial charge in [-0.15, -0.1) is 0 Å². The monoisotopic (exact) mass is 464 g/mol. The minimum atomic E-state index is -1.70. The molecule has 0 amide bonds. The Morgan fingerprint density at radius 2 is 1.76 bits per heavy atom. The number of phenols is 3. The Bertz CT molecular complexity index is 1070. The van der Waals surface area contributed by atoms with Crippen LogP contribution in [0, 0.1) is 0 Å². The second-order valence-electron chi connectivity index (χ2n) is 7.95. The third kappa shape index (κ3) is 3.83. The number of carbonyl (C=O) groups is 1. The molecule has 0 aromatic heterocycles. The zero-order chi connectivity index (χ0) is 24.0. The van der Waals surface area contributed by atoms with Crippen LogP contribution in [0.4, 0.5) is 0 Å². The van der Waals surface area contributed by atoms with Crippen molar-refractivity contribution in [2.24, 2.45) is 0 Å². The Morgan fingerprint density at radius 3 is 2.39 bits per heavy atom. The van der Waals surface area contributed by atoms with Gasteiger partial charge in [0.2, 0.25) is 0 Å². The molecule has 2 aromatic rings. The number of ketones is 1. The highest BCUT2D eigenvalue weighted by atomic mass is 16.5. The molecule has 0 aliphatic carbocycles. The number of ether oxygens (including phenoxy) is 3. The lowest BCUT2D eigenvalue weighted by Gasteiger charge is -2.41. The topological polar surface area (TPSA) is 186 Å². The van der Waals surface area contributed by atoms with Crippen molar-refractivity contribution in [3.05, 3.63) is 41.0 Å². The van der Waals surface area contributed by atoms with Crippen LogP contribution in [0.25, 0.3) is 0 Å². The second-order valence-corrected chi connectivity index (χ2v) is 7.95. The molecule has 33 heavy (non-hydrogen) atoms. The zero-order valence-electron chi connectivity index (χ0n) is 17.5. The summed E-state index contributed by atoms with van der Waals surface area (Å²) >= 11 is 0. The first-order chi connectivity index (χ1) is 15.7. The summed E-state index contributed by atoms with van der Waals surface area (Å²) < 4.78 is 16.7. The number of fused-ring (bicyclic) bond motifs is 1. The van der Waals surface area contributed by atoms with E-state index in [2.05, 4.69) is 0 Å². The molecule has 0 unspecified atom stereocenters. The summed E-state index contributed by atoms with van der Waals surface area (Å²) in [6.07, 6.45) is -8.68. The Labute approximate surface area is 187 Å². The van der Waals surface area contributed by atoms with Gasteiger partial charge in [0.25, 0.3) is 0 Å². The lowest BCUT2D eigenvalue weighted by Crippen LogP contribution is -2.55. The average molecular weight is 464 g/mol. The van der Waals surface area contributed by atoms with Gasteiger partial charge in [-0.25, -0.2) is 0 Å². The number of methoxy groups -OCH3 is 1. The largest absolute Gasteiger partial charge is 0.507 e. The van der Waals surface area contributed by atoms with E-state index in [4.69, 9.17) is 14.2 Å². The normalized spacial score (nSPS) is 29.3. The number of hydrogen-bond acceptors (Lipinski definition) is 11. The molecule has 4 rings (SSSR count). The first kappa shape index (κ1) is 23.1. The molecule has 1 saturated heterocycles. The standard InChI is InChI=1S/C22H24O11/c1-31-13-6-14-16(11(26)5-12(32-14)8-2-3-9(24)10(25)4-8)19(28)17(13)22-21(30)20(29)18(27)15(7-23)33-22/h2-4,6,12,15,18,20-25,27-30H,5,7H2,1H3/t12-,15+,18+,20-,21+,22-/m0/s1. The van der Waals surface area contributed by atoms with Gasteiger partial charge in [-0.05, 0) is 17.7 Å². The van der Waals surface area contributed by atoms with Crippen LogP contribution >= 0.6 is 0 Å². The number of hydrogen-bond donors (Lipinski definition) is 7. The lowest BCUT2D eigenvalue weighted by atomic mass is 9.87. The van der Waals surface area contributed by atoms with Crippen LogP contribution in [-0.4, -0.2) is 79.7 Å². The van der Waals surface area contributed by atoms with Crippen LogP contribution in [0.1, 0.15) is 40.1 Å². The third-order valence-corrected chi connectivity index (χ3v) is 5.95. The number of aliphatic hydroxyl groups excluding tert-OH is 4. The van der Waals surface area contributed by atoms with Crippen molar-refractivity contribution in [2.75, 3.05) is 13.7 Å². The maximum Gasteiger partial charge on any atom is 0.174 e. The van der Waals surface area contributed by atoms with Crippen LogP contribution in [0.3, 0.4) is 0 Å². The number of Topliss-reactive ketones (excluding diaryl/α,β-unsaturated/α-hetero) is 1. The van der Waals surface area contributed by atoms with Crippen LogP contribution in [0.15, 0.2) is 24.3 Å². The van der Waals surface area contributed by atoms with Crippen LogP contribution < -0.4 is 9.47 Å². The summed E-state index contributed by atoms with van der Waals surface area (Å²) in [6, 6.07) is 5.32. The highest BCUT2D eigenvalue weighted by Gasteiger charge is 2.47. The highest BCUT2D eigenvalue weighted by molar-refractivity contribution is 6.03. The molecule has 0 spiro atoms. The molecule has 2 heterocycles. The molecule has 6 atom stereocenters. The molecule has 7 N–H and O–H groups in total.